The lowest BCUT2D eigenvalue weighted by Crippen LogP contribution is -2.44. The number of alkyl halides is 3. The van der Waals surface area contributed by atoms with Crippen LogP contribution in [0.25, 0.3) is 0 Å². The van der Waals surface area contributed by atoms with Crippen LogP contribution in [0.2, 0.25) is 0 Å². The van der Waals surface area contributed by atoms with Crippen LogP contribution in [0.15, 0.2) is 54.6 Å². The zero-order valence-corrected chi connectivity index (χ0v) is 21.2. The molecule has 0 bridgehead atoms. The van der Waals surface area contributed by atoms with Gasteiger partial charge in [-0.2, -0.15) is 13.2 Å². The molecule has 0 saturated carbocycles. The van der Waals surface area contributed by atoms with E-state index >= 15 is 0 Å². The second-order valence-corrected chi connectivity index (χ2v) is 9.28. The lowest BCUT2D eigenvalue weighted by Gasteiger charge is -2.29. The van der Waals surface area contributed by atoms with Crippen molar-refractivity contribution < 1.29 is 46.3 Å². The molecule has 0 saturated heterocycles. The lowest BCUT2D eigenvalue weighted by molar-refractivity contribution is -0.384. The van der Waals surface area contributed by atoms with Gasteiger partial charge < -0.3 is 19.5 Å². The van der Waals surface area contributed by atoms with E-state index in [0.29, 0.717) is 10.5 Å². The third-order valence-electron chi connectivity index (χ3n) is 6.78. The molecule has 2 aliphatic rings. The smallest absolute Gasteiger partial charge is 0.471 e. The number of nitro groups is 1. The molecule has 0 spiro atoms. The monoisotopic (exact) mass is 575 g/mol. The number of carbonyl (C=O) groups excluding carboxylic acids is 2. The number of nitro benzene ring substituents is 1. The molecule has 41 heavy (non-hydrogen) atoms. The highest BCUT2D eigenvalue weighted by Gasteiger charge is 2.48. The first kappa shape index (κ1) is 27.7. The molecular formula is C27H21F4N3O7. The number of rotatable bonds is 7. The fourth-order valence-electron chi connectivity index (χ4n) is 4.90. The van der Waals surface area contributed by atoms with Gasteiger partial charge in [0.2, 0.25) is 0 Å². The van der Waals surface area contributed by atoms with E-state index in [0.717, 1.165) is 18.2 Å². The Labute approximate surface area is 229 Å². The maximum Gasteiger partial charge on any atom is 0.471 e. The summed E-state index contributed by atoms with van der Waals surface area (Å²) >= 11 is 0. The van der Waals surface area contributed by atoms with Crippen LogP contribution in [0, 0.1) is 15.9 Å². The summed E-state index contributed by atoms with van der Waals surface area (Å²) in [5.41, 5.74) is 0.153. The average Bonchev–Trinajstić information content (AvgIpc) is 3.53. The van der Waals surface area contributed by atoms with E-state index in [1.54, 1.807) is 0 Å². The number of carbonyl (C=O) groups is 2. The zero-order chi connectivity index (χ0) is 29.5. The molecule has 3 aromatic rings. The quantitative estimate of drug-likeness (QED) is 0.169. The van der Waals surface area contributed by atoms with Crippen LogP contribution in [0.1, 0.15) is 29.5 Å². The summed E-state index contributed by atoms with van der Waals surface area (Å²) in [5.74, 6) is -3.47. The van der Waals surface area contributed by atoms with Crippen LogP contribution in [0.5, 0.6) is 11.5 Å². The van der Waals surface area contributed by atoms with Crippen molar-refractivity contribution in [3.63, 3.8) is 0 Å². The van der Waals surface area contributed by atoms with E-state index < -0.39 is 40.5 Å². The highest BCUT2D eigenvalue weighted by Crippen LogP contribution is 2.47. The van der Waals surface area contributed by atoms with Gasteiger partial charge in [-0.25, -0.2) is 4.39 Å². The molecule has 214 valence electrons. The first-order valence-electron chi connectivity index (χ1n) is 12.2. The summed E-state index contributed by atoms with van der Waals surface area (Å²) in [6.07, 6.45) is -5.23. The maximum absolute atomic E-state index is 13.9. The van der Waals surface area contributed by atoms with Gasteiger partial charge in [0.05, 0.1) is 36.8 Å². The van der Waals surface area contributed by atoms with Gasteiger partial charge in [-0.3, -0.25) is 24.6 Å². The Morgan fingerprint density at radius 3 is 2.56 bits per heavy atom. The Bertz CT molecular complexity index is 1550. The topological polar surface area (TPSA) is 120 Å². The molecule has 3 aromatic carbocycles. The van der Waals surface area contributed by atoms with E-state index in [2.05, 4.69) is 10.1 Å². The van der Waals surface area contributed by atoms with Crippen molar-refractivity contribution in [3.05, 3.63) is 81.7 Å². The molecule has 1 amide bonds. The minimum Gasteiger partial charge on any atom is -0.493 e. The number of esters is 1. The maximum atomic E-state index is 13.9. The van der Waals surface area contributed by atoms with Gasteiger partial charge in [-0.05, 0) is 18.2 Å². The molecule has 2 atom stereocenters. The van der Waals surface area contributed by atoms with Crippen LogP contribution in [0.3, 0.4) is 0 Å². The number of nitrogens with one attached hydrogen (secondary N) is 1. The molecule has 2 heterocycles. The van der Waals surface area contributed by atoms with Crippen molar-refractivity contribution >= 4 is 34.6 Å². The molecule has 2 aliphatic heterocycles. The first-order chi connectivity index (χ1) is 19.5. The Balaban J connectivity index is 1.52. The van der Waals surface area contributed by atoms with Gasteiger partial charge in [-0.1, -0.05) is 18.2 Å². The third-order valence-corrected chi connectivity index (χ3v) is 6.78. The SMILES string of the molecule is COC(=O)C[C@@H]1COc2cc(N(C(=O)C(F)(F)F)C3COc4c(Nc5cc(F)ccc5[N+](=O)[O-])cccc43)ccc21. The number of nitrogens with zero attached hydrogens (tertiary/aromatic N) is 2. The molecule has 0 fully saturated rings. The molecule has 0 aromatic heterocycles. The van der Waals surface area contributed by atoms with Gasteiger partial charge >= 0.3 is 18.1 Å². The Morgan fingerprint density at radius 2 is 1.85 bits per heavy atom. The van der Waals surface area contributed by atoms with Crippen molar-refractivity contribution in [3.8, 4) is 11.5 Å². The first-order valence-corrected chi connectivity index (χ1v) is 12.2. The Morgan fingerprint density at radius 1 is 1.07 bits per heavy atom. The highest BCUT2D eigenvalue weighted by molar-refractivity contribution is 5.98. The second-order valence-electron chi connectivity index (χ2n) is 9.28. The molecule has 1 N–H and O–H groups in total. The number of anilines is 3. The summed E-state index contributed by atoms with van der Waals surface area (Å²) in [6.45, 7) is -0.262. The summed E-state index contributed by atoms with van der Waals surface area (Å²) in [6, 6.07) is 10.1. The molecule has 0 radical (unpaired) electrons. The number of methoxy groups -OCH3 is 1. The summed E-state index contributed by atoms with van der Waals surface area (Å²) in [7, 11) is 1.24. The fraction of sp³-hybridized carbons (Fsp3) is 0.259. The minimum absolute atomic E-state index is 0.0110. The van der Waals surface area contributed by atoms with Gasteiger partial charge in [0.15, 0.2) is 0 Å². The number of para-hydroxylation sites is 1. The van der Waals surface area contributed by atoms with Crippen molar-refractivity contribution in [2.75, 3.05) is 30.5 Å². The number of ether oxygens (including phenoxy) is 3. The predicted molar refractivity (Wildman–Crippen MR) is 136 cm³/mol. The van der Waals surface area contributed by atoms with Crippen LogP contribution >= 0.6 is 0 Å². The van der Waals surface area contributed by atoms with Gasteiger partial charge in [0, 0.05) is 40.9 Å². The molecule has 5 rings (SSSR count). The number of benzene rings is 3. The predicted octanol–water partition coefficient (Wildman–Crippen LogP) is 5.55. The van der Waals surface area contributed by atoms with E-state index in [1.165, 1.54) is 43.5 Å². The summed E-state index contributed by atoms with van der Waals surface area (Å²) in [5, 5.41) is 14.1. The van der Waals surface area contributed by atoms with Gasteiger partial charge in [0.1, 0.15) is 29.6 Å². The highest BCUT2D eigenvalue weighted by atomic mass is 19.4. The third kappa shape index (κ3) is 5.32. The van der Waals surface area contributed by atoms with Crippen LogP contribution in [-0.2, 0) is 14.3 Å². The number of halogens is 4. The molecule has 1 unspecified atom stereocenters. The fourth-order valence-corrected chi connectivity index (χ4v) is 4.90. The van der Waals surface area contributed by atoms with E-state index in [9.17, 15) is 37.3 Å². The number of hydrogen-bond acceptors (Lipinski definition) is 8. The molecule has 10 nitrogen and oxygen atoms in total. The number of hydrogen-bond donors (Lipinski definition) is 1. The largest absolute Gasteiger partial charge is 0.493 e. The Hall–Kier alpha value is -4.88. The van der Waals surface area contributed by atoms with Crippen LogP contribution in [0.4, 0.5) is 40.3 Å². The summed E-state index contributed by atoms with van der Waals surface area (Å²) in [4.78, 5) is 35.7. The summed E-state index contributed by atoms with van der Waals surface area (Å²) < 4.78 is 71.4. The molecule has 14 heteroatoms. The average molecular weight is 575 g/mol. The normalized spacial score (nSPS) is 17.1. The van der Waals surface area contributed by atoms with Crippen LogP contribution < -0.4 is 19.7 Å². The van der Waals surface area contributed by atoms with Crippen LogP contribution in [-0.4, -0.2) is 43.3 Å². The van der Waals surface area contributed by atoms with E-state index in [4.69, 9.17) is 9.47 Å². The lowest BCUT2D eigenvalue weighted by atomic mass is 9.97. The minimum atomic E-state index is -5.24. The van der Waals surface area contributed by atoms with Crippen molar-refractivity contribution in [2.45, 2.75) is 24.6 Å². The zero-order valence-electron chi connectivity index (χ0n) is 21.2. The van der Waals surface area contributed by atoms with Gasteiger partial charge in [-0.15, -0.1) is 0 Å². The van der Waals surface area contributed by atoms with Crippen molar-refractivity contribution in [2.24, 2.45) is 0 Å². The van der Waals surface area contributed by atoms with Gasteiger partial charge in [0.25, 0.3) is 5.69 Å². The standard InChI is InChI=1S/C27H21F4N3O7/c1-39-24(35)9-14-12-40-23-11-16(6-7-17(14)23)33(26(36)27(29,30)31)22-13-41-25-18(22)3-2-4-19(25)32-20-10-15(28)5-8-21(20)34(37)38/h2-8,10-11,14,22,32H,9,12-13H2,1H3/t14-,22?/m1/s1. The van der Waals surface area contributed by atoms with E-state index in [-0.39, 0.29) is 59.7 Å². The number of fused-ring (bicyclic) bond motifs is 2. The second kappa shape index (κ2) is 10.6. The number of amides is 1. The molecule has 0 aliphatic carbocycles. The van der Waals surface area contributed by atoms with E-state index in [1.807, 2.05) is 0 Å². The van der Waals surface area contributed by atoms with Crippen molar-refractivity contribution in [1.29, 1.82) is 0 Å². The Kier molecular flexibility index (Phi) is 7.15. The van der Waals surface area contributed by atoms with Crippen molar-refractivity contribution in [1.82, 2.24) is 0 Å². The molecular weight excluding hydrogens is 554 g/mol.